The Morgan fingerprint density at radius 1 is 1.24 bits per heavy atom. The Morgan fingerprint density at radius 2 is 2.00 bits per heavy atom. The maximum Gasteiger partial charge on any atom is 0.417 e. The monoisotopic (exact) mass is 358 g/mol. The Hall–Kier alpha value is -1.76. The highest BCUT2D eigenvalue weighted by atomic mass is 79.9. The van der Waals surface area contributed by atoms with Gasteiger partial charge in [0.15, 0.2) is 0 Å². The molecular weight excluding hydrogens is 349 g/mol. The Labute approximate surface area is 127 Å². The topological polar surface area (TPSA) is 42.3 Å². The van der Waals surface area contributed by atoms with E-state index in [0.717, 1.165) is 16.7 Å². The molecule has 0 N–H and O–H groups in total. The fourth-order valence-electron chi connectivity index (χ4n) is 1.84. The number of rotatable bonds is 4. The van der Waals surface area contributed by atoms with Crippen LogP contribution >= 0.6 is 15.9 Å². The van der Waals surface area contributed by atoms with Crippen molar-refractivity contribution in [3.8, 4) is 0 Å². The summed E-state index contributed by atoms with van der Waals surface area (Å²) in [5, 5.41) is 3.03. The van der Waals surface area contributed by atoms with Crippen LogP contribution in [0.2, 0.25) is 0 Å². The van der Waals surface area contributed by atoms with Gasteiger partial charge in [-0.3, -0.25) is 4.98 Å². The SMILES string of the molecule is O=NC(Cc1ccc(C(F)(F)F)cn1)c1cccc(Br)c1. The van der Waals surface area contributed by atoms with E-state index in [1.807, 2.05) is 6.07 Å². The summed E-state index contributed by atoms with van der Waals surface area (Å²) in [6, 6.07) is 8.58. The van der Waals surface area contributed by atoms with Crippen molar-refractivity contribution < 1.29 is 13.2 Å². The normalized spacial score (nSPS) is 13.0. The van der Waals surface area contributed by atoms with Gasteiger partial charge >= 0.3 is 6.18 Å². The minimum atomic E-state index is -4.42. The molecule has 0 aliphatic carbocycles. The summed E-state index contributed by atoms with van der Waals surface area (Å²) >= 11 is 3.29. The summed E-state index contributed by atoms with van der Waals surface area (Å²) in [5.74, 6) is 0. The molecule has 0 fully saturated rings. The fourth-order valence-corrected chi connectivity index (χ4v) is 2.26. The summed E-state index contributed by atoms with van der Waals surface area (Å²) in [4.78, 5) is 14.7. The molecule has 1 unspecified atom stereocenters. The second-order valence-electron chi connectivity index (χ2n) is 4.42. The zero-order valence-electron chi connectivity index (χ0n) is 10.6. The first-order valence-electron chi connectivity index (χ1n) is 6.00. The van der Waals surface area contributed by atoms with Crippen molar-refractivity contribution in [3.63, 3.8) is 0 Å². The average molecular weight is 359 g/mol. The molecule has 0 radical (unpaired) electrons. The molecule has 0 aliphatic heterocycles. The molecule has 0 saturated carbocycles. The van der Waals surface area contributed by atoms with Crippen molar-refractivity contribution in [1.29, 1.82) is 0 Å². The smallest absolute Gasteiger partial charge is 0.261 e. The average Bonchev–Trinajstić information content (AvgIpc) is 2.44. The van der Waals surface area contributed by atoms with Gasteiger partial charge in [0.2, 0.25) is 0 Å². The van der Waals surface area contributed by atoms with Gasteiger partial charge in [0.25, 0.3) is 0 Å². The first kappa shape index (κ1) is 15.6. The Bertz CT molecular complexity index is 629. The lowest BCUT2D eigenvalue weighted by atomic mass is 10.0. The number of nitrogens with zero attached hydrogens (tertiary/aromatic N) is 2. The van der Waals surface area contributed by atoms with E-state index >= 15 is 0 Å². The van der Waals surface area contributed by atoms with Gasteiger partial charge in [-0.2, -0.15) is 18.1 Å². The van der Waals surface area contributed by atoms with Crippen molar-refractivity contribution >= 4 is 15.9 Å². The number of alkyl halides is 3. The molecule has 0 saturated heterocycles. The van der Waals surface area contributed by atoms with Crippen molar-refractivity contribution in [2.45, 2.75) is 18.6 Å². The number of hydrogen-bond donors (Lipinski definition) is 0. The van der Waals surface area contributed by atoms with E-state index in [9.17, 15) is 18.1 Å². The van der Waals surface area contributed by atoms with Crippen LogP contribution in [0.15, 0.2) is 52.2 Å². The van der Waals surface area contributed by atoms with Gasteiger partial charge < -0.3 is 0 Å². The molecule has 1 aromatic carbocycles. The molecule has 2 rings (SSSR count). The first-order valence-corrected chi connectivity index (χ1v) is 6.79. The summed E-state index contributed by atoms with van der Waals surface area (Å²) in [6.45, 7) is 0. The lowest BCUT2D eigenvalue weighted by Crippen LogP contribution is -2.07. The quantitative estimate of drug-likeness (QED) is 0.728. The van der Waals surface area contributed by atoms with Crippen molar-refractivity contribution in [2.24, 2.45) is 5.18 Å². The number of nitroso groups, excluding NO2 is 1. The molecule has 21 heavy (non-hydrogen) atoms. The van der Waals surface area contributed by atoms with Gasteiger partial charge in [-0.25, -0.2) is 0 Å². The predicted molar refractivity (Wildman–Crippen MR) is 75.6 cm³/mol. The number of halogens is 4. The molecule has 1 heterocycles. The third-order valence-electron chi connectivity index (χ3n) is 2.92. The van der Waals surface area contributed by atoms with Crippen LogP contribution in [0.3, 0.4) is 0 Å². The molecular formula is C14H10BrF3N2O. The highest BCUT2D eigenvalue weighted by Gasteiger charge is 2.30. The summed E-state index contributed by atoms with van der Waals surface area (Å²) in [7, 11) is 0. The Kier molecular flexibility index (Phi) is 4.72. The van der Waals surface area contributed by atoms with Crippen LogP contribution in [-0.2, 0) is 12.6 Å². The molecule has 110 valence electrons. The maximum atomic E-state index is 12.4. The molecule has 1 aromatic heterocycles. The van der Waals surface area contributed by atoms with Gasteiger partial charge in [-0.1, -0.05) is 33.2 Å². The van der Waals surface area contributed by atoms with Crippen molar-refractivity contribution in [1.82, 2.24) is 4.98 Å². The highest BCUT2D eigenvalue weighted by Crippen LogP contribution is 2.29. The van der Waals surface area contributed by atoms with Crippen LogP contribution in [0.5, 0.6) is 0 Å². The molecule has 7 heteroatoms. The largest absolute Gasteiger partial charge is 0.417 e. The number of pyridine rings is 1. The number of aromatic nitrogens is 1. The number of hydrogen-bond acceptors (Lipinski definition) is 3. The minimum Gasteiger partial charge on any atom is -0.261 e. The maximum absolute atomic E-state index is 12.4. The van der Waals surface area contributed by atoms with Crippen LogP contribution in [-0.4, -0.2) is 4.98 Å². The van der Waals surface area contributed by atoms with Gasteiger partial charge in [0.1, 0.15) is 6.04 Å². The molecule has 1 atom stereocenters. The van der Waals surface area contributed by atoms with Gasteiger partial charge in [0.05, 0.1) is 5.56 Å². The summed E-state index contributed by atoms with van der Waals surface area (Å²) in [5.41, 5.74) is 0.248. The lowest BCUT2D eigenvalue weighted by molar-refractivity contribution is -0.137. The molecule has 0 spiro atoms. The number of benzene rings is 1. The van der Waals surface area contributed by atoms with Crippen LogP contribution in [0.1, 0.15) is 22.9 Å². The van der Waals surface area contributed by atoms with E-state index in [1.165, 1.54) is 6.07 Å². The standard InChI is InChI=1S/C14H10BrF3N2O/c15-11-3-1-2-9(6-11)13(20-21)7-12-5-4-10(8-19-12)14(16,17)18/h1-6,8,13H,7H2. The molecule has 0 aliphatic rings. The lowest BCUT2D eigenvalue weighted by Gasteiger charge is -2.11. The van der Waals surface area contributed by atoms with Gasteiger partial charge in [0, 0.05) is 22.8 Å². The van der Waals surface area contributed by atoms with Crippen LogP contribution < -0.4 is 0 Å². The first-order chi connectivity index (χ1) is 9.90. The molecule has 3 nitrogen and oxygen atoms in total. The summed E-state index contributed by atoms with van der Waals surface area (Å²) < 4.78 is 38.1. The second kappa shape index (κ2) is 6.34. The summed E-state index contributed by atoms with van der Waals surface area (Å²) in [6.07, 6.45) is -3.51. The zero-order valence-corrected chi connectivity index (χ0v) is 12.2. The van der Waals surface area contributed by atoms with E-state index in [4.69, 9.17) is 0 Å². The van der Waals surface area contributed by atoms with Gasteiger partial charge in [-0.15, -0.1) is 0 Å². The van der Waals surface area contributed by atoms with E-state index in [1.54, 1.807) is 18.2 Å². The minimum absolute atomic E-state index is 0.151. The fraction of sp³-hybridized carbons (Fsp3) is 0.214. The Balaban J connectivity index is 2.17. The van der Waals surface area contributed by atoms with Crippen molar-refractivity contribution in [3.05, 3.63) is 68.8 Å². The van der Waals surface area contributed by atoms with Crippen LogP contribution in [0.25, 0.3) is 0 Å². The third kappa shape index (κ3) is 4.10. The van der Waals surface area contributed by atoms with Crippen molar-refractivity contribution in [2.75, 3.05) is 0 Å². The van der Waals surface area contributed by atoms with E-state index in [0.29, 0.717) is 11.3 Å². The Morgan fingerprint density at radius 3 is 2.52 bits per heavy atom. The van der Waals surface area contributed by atoms with E-state index in [-0.39, 0.29) is 6.42 Å². The molecule has 0 bridgehead atoms. The van der Waals surface area contributed by atoms with Gasteiger partial charge in [-0.05, 0) is 29.8 Å². The van der Waals surface area contributed by atoms with Crippen LogP contribution in [0.4, 0.5) is 13.2 Å². The van der Waals surface area contributed by atoms with E-state index in [2.05, 4.69) is 26.1 Å². The van der Waals surface area contributed by atoms with E-state index < -0.39 is 17.8 Å². The molecule has 2 aromatic rings. The molecule has 0 amide bonds. The predicted octanol–water partition coefficient (Wildman–Crippen LogP) is 4.91. The van der Waals surface area contributed by atoms with Crippen LogP contribution in [0, 0.1) is 4.91 Å². The highest BCUT2D eigenvalue weighted by molar-refractivity contribution is 9.10. The second-order valence-corrected chi connectivity index (χ2v) is 5.33. The zero-order chi connectivity index (χ0) is 15.5. The third-order valence-corrected chi connectivity index (χ3v) is 3.41.